The fraction of sp³-hybridized carbons (Fsp3) is 0.562. The van der Waals surface area contributed by atoms with Crippen LogP contribution in [-0.2, 0) is 11.2 Å². The zero-order valence-corrected chi connectivity index (χ0v) is 12.8. The van der Waals surface area contributed by atoms with Gasteiger partial charge < -0.3 is 14.7 Å². The van der Waals surface area contributed by atoms with Crippen LogP contribution >= 0.6 is 0 Å². The third-order valence-corrected chi connectivity index (χ3v) is 2.90. The third kappa shape index (κ3) is 5.61. The normalized spacial score (nSPS) is 11.2. The summed E-state index contributed by atoms with van der Waals surface area (Å²) in [6, 6.07) is 7.55. The lowest BCUT2D eigenvalue weighted by Gasteiger charge is -2.28. The van der Waals surface area contributed by atoms with Gasteiger partial charge in [0.1, 0.15) is 5.75 Å². The number of aliphatic hydroxyl groups is 1. The molecule has 1 rings (SSSR count). The van der Waals surface area contributed by atoms with Crippen molar-refractivity contribution < 1.29 is 14.6 Å². The van der Waals surface area contributed by atoms with Gasteiger partial charge in [-0.2, -0.15) is 0 Å². The summed E-state index contributed by atoms with van der Waals surface area (Å²) in [5.41, 5.74) is 0.0810. The van der Waals surface area contributed by atoms with Crippen LogP contribution in [0.5, 0.6) is 5.75 Å². The van der Waals surface area contributed by atoms with Crippen LogP contribution in [0, 0.1) is 0 Å². The number of amides is 1. The fourth-order valence-corrected chi connectivity index (χ4v) is 2.00. The van der Waals surface area contributed by atoms with Crippen molar-refractivity contribution in [2.75, 3.05) is 19.7 Å². The number of hydrogen-bond acceptors (Lipinski definition) is 3. The minimum Gasteiger partial charge on any atom is -0.494 e. The topological polar surface area (TPSA) is 49.8 Å². The number of benzene rings is 1. The summed E-state index contributed by atoms with van der Waals surface area (Å²) in [6.45, 7) is 8.85. The SMILES string of the molecule is CCOc1ccc(CC(=O)N(CC)CC(C)(C)O)cc1. The summed E-state index contributed by atoms with van der Waals surface area (Å²) in [6.07, 6.45) is 0.344. The van der Waals surface area contributed by atoms with Crippen LogP contribution in [0.2, 0.25) is 0 Å². The van der Waals surface area contributed by atoms with Gasteiger partial charge in [-0.1, -0.05) is 12.1 Å². The Kier molecular flexibility index (Phi) is 6.02. The average Bonchev–Trinajstić information content (AvgIpc) is 2.37. The minimum absolute atomic E-state index is 0.0267. The smallest absolute Gasteiger partial charge is 0.227 e. The van der Waals surface area contributed by atoms with Crippen LogP contribution in [0.3, 0.4) is 0 Å². The molecule has 1 aromatic carbocycles. The van der Waals surface area contributed by atoms with Crippen molar-refractivity contribution in [1.82, 2.24) is 4.90 Å². The summed E-state index contributed by atoms with van der Waals surface area (Å²) >= 11 is 0. The van der Waals surface area contributed by atoms with E-state index in [0.717, 1.165) is 11.3 Å². The molecule has 0 atom stereocenters. The summed E-state index contributed by atoms with van der Waals surface area (Å²) in [5.74, 6) is 0.839. The van der Waals surface area contributed by atoms with Gasteiger partial charge in [0, 0.05) is 13.1 Å². The van der Waals surface area contributed by atoms with Crippen LogP contribution in [0.1, 0.15) is 33.3 Å². The summed E-state index contributed by atoms with van der Waals surface area (Å²) in [5, 5.41) is 9.82. The number of rotatable bonds is 7. The zero-order chi connectivity index (χ0) is 15.2. The Bertz CT molecular complexity index is 420. The molecule has 4 heteroatoms. The van der Waals surface area contributed by atoms with Crippen molar-refractivity contribution in [3.63, 3.8) is 0 Å². The van der Waals surface area contributed by atoms with Crippen molar-refractivity contribution in [3.8, 4) is 5.75 Å². The Morgan fingerprint density at radius 3 is 2.30 bits per heavy atom. The summed E-state index contributed by atoms with van der Waals surface area (Å²) < 4.78 is 5.37. The van der Waals surface area contributed by atoms with Crippen molar-refractivity contribution in [1.29, 1.82) is 0 Å². The van der Waals surface area contributed by atoms with Gasteiger partial charge in [0.2, 0.25) is 5.91 Å². The van der Waals surface area contributed by atoms with Gasteiger partial charge in [-0.15, -0.1) is 0 Å². The van der Waals surface area contributed by atoms with Gasteiger partial charge in [0.25, 0.3) is 0 Å². The van der Waals surface area contributed by atoms with Crippen molar-refractivity contribution in [3.05, 3.63) is 29.8 Å². The number of likely N-dealkylation sites (N-methyl/N-ethyl adjacent to an activating group) is 1. The highest BCUT2D eigenvalue weighted by atomic mass is 16.5. The van der Waals surface area contributed by atoms with Crippen LogP contribution in [0.25, 0.3) is 0 Å². The molecule has 112 valence electrons. The highest BCUT2D eigenvalue weighted by molar-refractivity contribution is 5.78. The quantitative estimate of drug-likeness (QED) is 0.833. The molecule has 0 spiro atoms. The van der Waals surface area contributed by atoms with E-state index in [4.69, 9.17) is 4.74 Å². The van der Waals surface area contributed by atoms with Crippen molar-refractivity contribution >= 4 is 5.91 Å². The molecule has 0 heterocycles. The maximum Gasteiger partial charge on any atom is 0.227 e. The van der Waals surface area contributed by atoms with Gasteiger partial charge in [0.05, 0.1) is 18.6 Å². The Balaban J connectivity index is 2.64. The number of carbonyl (C=O) groups is 1. The lowest BCUT2D eigenvalue weighted by Crippen LogP contribution is -2.42. The number of ether oxygens (including phenoxy) is 1. The molecule has 1 N–H and O–H groups in total. The Morgan fingerprint density at radius 2 is 1.85 bits per heavy atom. The molecule has 0 aromatic heterocycles. The van der Waals surface area contributed by atoms with E-state index in [1.54, 1.807) is 18.7 Å². The van der Waals surface area contributed by atoms with Crippen LogP contribution in [0.15, 0.2) is 24.3 Å². The fourth-order valence-electron chi connectivity index (χ4n) is 2.00. The largest absolute Gasteiger partial charge is 0.494 e. The molecule has 0 aliphatic rings. The molecule has 0 radical (unpaired) electrons. The van der Waals surface area contributed by atoms with E-state index < -0.39 is 5.60 Å². The molecule has 1 amide bonds. The maximum atomic E-state index is 12.2. The van der Waals surface area contributed by atoms with E-state index >= 15 is 0 Å². The number of nitrogens with zero attached hydrogens (tertiary/aromatic N) is 1. The van der Waals surface area contributed by atoms with Gasteiger partial charge in [-0.3, -0.25) is 4.79 Å². The Morgan fingerprint density at radius 1 is 1.25 bits per heavy atom. The molecular formula is C16H25NO3. The first kappa shape index (κ1) is 16.5. The van der Waals surface area contributed by atoms with Crippen LogP contribution in [0.4, 0.5) is 0 Å². The zero-order valence-electron chi connectivity index (χ0n) is 12.8. The average molecular weight is 279 g/mol. The van der Waals surface area contributed by atoms with Crippen LogP contribution < -0.4 is 4.74 Å². The minimum atomic E-state index is -0.871. The maximum absolute atomic E-state index is 12.2. The van der Waals surface area contributed by atoms with E-state index in [0.29, 0.717) is 26.1 Å². The highest BCUT2D eigenvalue weighted by Crippen LogP contribution is 2.14. The molecule has 1 aromatic rings. The molecule has 0 fully saturated rings. The lowest BCUT2D eigenvalue weighted by molar-refractivity contribution is -0.133. The summed E-state index contributed by atoms with van der Waals surface area (Å²) in [7, 11) is 0. The summed E-state index contributed by atoms with van der Waals surface area (Å²) in [4.78, 5) is 13.9. The third-order valence-electron chi connectivity index (χ3n) is 2.90. The van der Waals surface area contributed by atoms with Gasteiger partial charge >= 0.3 is 0 Å². The number of carbonyl (C=O) groups excluding carboxylic acids is 1. The van der Waals surface area contributed by atoms with Gasteiger partial charge in [-0.05, 0) is 45.4 Å². The van der Waals surface area contributed by atoms with E-state index in [-0.39, 0.29) is 5.91 Å². The number of hydrogen-bond donors (Lipinski definition) is 1. The predicted octanol–water partition coefficient (Wildman–Crippen LogP) is 2.25. The second kappa shape index (κ2) is 7.29. The van der Waals surface area contributed by atoms with E-state index in [1.807, 2.05) is 38.1 Å². The van der Waals surface area contributed by atoms with E-state index in [2.05, 4.69) is 0 Å². The second-order valence-electron chi connectivity index (χ2n) is 5.47. The molecule has 20 heavy (non-hydrogen) atoms. The van der Waals surface area contributed by atoms with Crippen molar-refractivity contribution in [2.45, 2.75) is 39.7 Å². The molecule has 0 aliphatic heterocycles. The predicted molar refractivity (Wildman–Crippen MR) is 79.9 cm³/mol. The second-order valence-corrected chi connectivity index (χ2v) is 5.47. The molecule has 0 unspecified atom stereocenters. The van der Waals surface area contributed by atoms with E-state index in [9.17, 15) is 9.90 Å². The van der Waals surface area contributed by atoms with Gasteiger partial charge in [0.15, 0.2) is 0 Å². The lowest BCUT2D eigenvalue weighted by atomic mass is 10.1. The first-order chi connectivity index (χ1) is 9.35. The molecular weight excluding hydrogens is 254 g/mol. The van der Waals surface area contributed by atoms with Crippen molar-refractivity contribution in [2.24, 2.45) is 0 Å². The molecule has 0 aliphatic carbocycles. The monoisotopic (exact) mass is 279 g/mol. The Labute approximate surface area is 121 Å². The molecule has 0 saturated carbocycles. The molecule has 4 nitrogen and oxygen atoms in total. The first-order valence-electron chi connectivity index (χ1n) is 7.07. The molecule has 0 bridgehead atoms. The molecule has 0 saturated heterocycles. The first-order valence-corrected chi connectivity index (χ1v) is 7.07. The highest BCUT2D eigenvalue weighted by Gasteiger charge is 2.21. The van der Waals surface area contributed by atoms with Gasteiger partial charge in [-0.25, -0.2) is 0 Å². The van der Waals surface area contributed by atoms with E-state index in [1.165, 1.54) is 0 Å². The van der Waals surface area contributed by atoms with Crippen LogP contribution in [-0.4, -0.2) is 41.2 Å². The standard InChI is InChI=1S/C16H25NO3/c1-5-17(12-16(3,4)19)15(18)11-13-7-9-14(10-8-13)20-6-2/h7-10,19H,5-6,11-12H2,1-4H3. The Hall–Kier alpha value is -1.55.